The van der Waals surface area contributed by atoms with E-state index >= 15 is 0 Å². The number of carbonyl (C=O) groups is 1. The molecular formula is C24H27FN4O2. The van der Waals surface area contributed by atoms with Gasteiger partial charge in [-0.2, -0.15) is 0 Å². The van der Waals surface area contributed by atoms with Crippen molar-refractivity contribution in [3.63, 3.8) is 0 Å². The van der Waals surface area contributed by atoms with Gasteiger partial charge in [0.25, 0.3) is 0 Å². The van der Waals surface area contributed by atoms with Crippen LogP contribution in [0.4, 0.5) is 4.39 Å². The lowest BCUT2D eigenvalue weighted by Crippen LogP contribution is -2.36. The Labute approximate surface area is 180 Å². The molecule has 6 nitrogen and oxygen atoms in total. The average molecular weight is 423 g/mol. The average Bonchev–Trinajstić information content (AvgIpc) is 3.30. The van der Waals surface area contributed by atoms with Gasteiger partial charge in [-0.1, -0.05) is 5.16 Å². The predicted octanol–water partition coefficient (Wildman–Crippen LogP) is 4.23. The zero-order valence-electron chi connectivity index (χ0n) is 17.7. The Balaban J connectivity index is 1.13. The molecule has 2 aliphatic rings. The summed E-state index contributed by atoms with van der Waals surface area (Å²) in [5.41, 5.74) is 4.93. The molecule has 1 saturated heterocycles. The van der Waals surface area contributed by atoms with Gasteiger partial charge in [0.15, 0.2) is 5.58 Å². The maximum Gasteiger partial charge on any atom is 0.246 e. The van der Waals surface area contributed by atoms with Gasteiger partial charge in [-0.3, -0.25) is 4.79 Å². The number of rotatable bonds is 5. The fraction of sp³-hybridized carbons (Fsp3) is 0.417. The van der Waals surface area contributed by atoms with E-state index in [1.165, 1.54) is 23.3 Å². The number of likely N-dealkylation sites (tertiary alicyclic amines) is 1. The molecule has 1 fully saturated rings. The van der Waals surface area contributed by atoms with Crippen molar-refractivity contribution in [1.29, 1.82) is 0 Å². The monoisotopic (exact) mass is 422 g/mol. The fourth-order valence-corrected chi connectivity index (χ4v) is 4.79. The number of amides is 1. The highest BCUT2D eigenvalue weighted by atomic mass is 19.1. The van der Waals surface area contributed by atoms with Crippen LogP contribution in [0.15, 0.2) is 35.0 Å². The number of hydrogen-bond acceptors (Lipinski definition) is 4. The van der Waals surface area contributed by atoms with Crippen molar-refractivity contribution in [3.05, 3.63) is 58.8 Å². The summed E-state index contributed by atoms with van der Waals surface area (Å²) in [5.74, 6) is 0.124. The molecule has 0 saturated carbocycles. The fourth-order valence-electron chi connectivity index (χ4n) is 4.79. The second kappa shape index (κ2) is 8.30. The maximum absolute atomic E-state index is 13.4. The number of H-pyrrole nitrogens is 1. The van der Waals surface area contributed by atoms with Gasteiger partial charge < -0.3 is 19.3 Å². The van der Waals surface area contributed by atoms with Crippen LogP contribution in [0.2, 0.25) is 0 Å². The Bertz CT molecular complexity index is 1120. The van der Waals surface area contributed by atoms with E-state index in [-0.39, 0.29) is 11.7 Å². The zero-order chi connectivity index (χ0) is 21.4. The quantitative estimate of drug-likeness (QED) is 0.668. The van der Waals surface area contributed by atoms with Crippen LogP contribution < -0.4 is 0 Å². The standard InChI is InChI=1S/C24H27FN4O2/c1-16-14-26-21-5-6-23(30)29(15-20(16)21)10-2-9-28-11-7-17(8-12-28)24-19-4-3-18(25)13-22(19)31-27-24/h3-6,13-14,17,26H,2,7-12,15H2,1H3. The third-order valence-corrected chi connectivity index (χ3v) is 6.64. The van der Waals surface area contributed by atoms with Crippen LogP contribution in [-0.4, -0.2) is 52.0 Å². The summed E-state index contributed by atoms with van der Waals surface area (Å²) < 4.78 is 18.7. The molecule has 3 aromatic rings. The summed E-state index contributed by atoms with van der Waals surface area (Å²) in [4.78, 5) is 20.1. The first-order chi connectivity index (χ1) is 15.1. The summed E-state index contributed by atoms with van der Waals surface area (Å²) in [7, 11) is 0. The van der Waals surface area contributed by atoms with Gasteiger partial charge in [-0.05, 0) is 75.2 Å². The minimum absolute atomic E-state index is 0.0806. The Morgan fingerprint density at radius 1 is 1.23 bits per heavy atom. The lowest BCUT2D eigenvalue weighted by Gasteiger charge is -2.31. The van der Waals surface area contributed by atoms with E-state index in [1.807, 2.05) is 17.2 Å². The lowest BCUT2D eigenvalue weighted by molar-refractivity contribution is -0.126. The highest BCUT2D eigenvalue weighted by molar-refractivity contribution is 5.92. The first-order valence-corrected chi connectivity index (χ1v) is 11.0. The molecule has 2 aromatic heterocycles. The smallest absolute Gasteiger partial charge is 0.246 e. The van der Waals surface area contributed by atoms with Crippen molar-refractivity contribution < 1.29 is 13.7 Å². The first-order valence-electron chi connectivity index (χ1n) is 11.0. The van der Waals surface area contributed by atoms with E-state index in [2.05, 4.69) is 22.0 Å². The SMILES string of the molecule is Cc1c[nH]c2c1CN(CCCN1CCC(c3noc4cc(F)ccc34)CC1)C(=O)C=C2. The predicted molar refractivity (Wildman–Crippen MR) is 117 cm³/mol. The second-order valence-electron chi connectivity index (χ2n) is 8.63. The van der Waals surface area contributed by atoms with E-state index in [1.54, 1.807) is 12.1 Å². The van der Waals surface area contributed by atoms with Crippen molar-refractivity contribution >= 4 is 23.0 Å². The number of aryl methyl sites for hydroxylation is 1. The Hall–Kier alpha value is -2.93. The molecule has 0 bridgehead atoms. The highest BCUT2D eigenvalue weighted by Crippen LogP contribution is 2.32. The molecule has 1 amide bonds. The normalized spacial score (nSPS) is 18.0. The van der Waals surface area contributed by atoms with Gasteiger partial charge in [0.2, 0.25) is 5.91 Å². The van der Waals surface area contributed by atoms with Crippen LogP contribution >= 0.6 is 0 Å². The third kappa shape index (κ3) is 4.02. The maximum atomic E-state index is 13.4. The summed E-state index contributed by atoms with van der Waals surface area (Å²) in [6.07, 6.45) is 8.53. The molecular weight excluding hydrogens is 395 g/mol. The van der Waals surface area contributed by atoms with E-state index in [4.69, 9.17) is 4.52 Å². The van der Waals surface area contributed by atoms with Crippen molar-refractivity contribution in [2.75, 3.05) is 26.2 Å². The number of aromatic amines is 1. The zero-order valence-corrected chi connectivity index (χ0v) is 17.7. The summed E-state index contributed by atoms with van der Waals surface area (Å²) in [5, 5.41) is 5.16. The molecule has 0 aliphatic carbocycles. The Morgan fingerprint density at radius 2 is 2.06 bits per heavy atom. The van der Waals surface area contributed by atoms with Crippen LogP contribution in [-0.2, 0) is 11.3 Å². The number of halogens is 1. The van der Waals surface area contributed by atoms with Crippen molar-refractivity contribution in [3.8, 4) is 0 Å². The van der Waals surface area contributed by atoms with Crippen LogP contribution in [0.25, 0.3) is 17.0 Å². The molecule has 2 aliphatic heterocycles. The molecule has 31 heavy (non-hydrogen) atoms. The van der Waals surface area contributed by atoms with Crippen molar-refractivity contribution in [1.82, 2.24) is 19.9 Å². The number of carbonyl (C=O) groups excluding carboxylic acids is 1. The number of nitrogens with one attached hydrogen (secondary N) is 1. The molecule has 0 atom stereocenters. The van der Waals surface area contributed by atoms with Gasteiger partial charge in [0, 0.05) is 48.4 Å². The van der Waals surface area contributed by atoms with Crippen LogP contribution in [0.5, 0.6) is 0 Å². The van der Waals surface area contributed by atoms with E-state index < -0.39 is 0 Å². The van der Waals surface area contributed by atoms with Gasteiger partial charge >= 0.3 is 0 Å². The number of aromatic nitrogens is 2. The highest BCUT2D eigenvalue weighted by Gasteiger charge is 2.25. The number of hydrogen-bond donors (Lipinski definition) is 1. The summed E-state index contributed by atoms with van der Waals surface area (Å²) in [6.45, 7) is 6.47. The molecule has 5 rings (SSSR count). The third-order valence-electron chi connectivity index (χ3n) is 6.64. The lowest BCUT2D eigenvalue weighted by atomic mass is 9.91. The largest absolute Gasteiger partial charge is 0.361 e. The minimum atomic E-state index is -0.300. The van der Waals surface area contributed by atoms with Crippen molar-refractivity contribution in [2.45, 2.75) is 38.6 Å². The number of piperidine rings is 1. The van der Waals surface area contributed by atoms with Gasteiger partial charge in [0.05, 0.1) is 5.69 Å². The van der Waals surface area contributed by atoms with E-state index in [0.717, 1.165) is 62.2 Å². The molecule has 0 radical (unpaired) electrons. The molecule has 0 unspecified atom stereocenters. The van der Waals surface area contributed by atoms with Gasteiger partial charge in [-0.15, -0.1) is 0 Å². The van der Waals surface area contributed by atoms with Gasteiger partial charge in [-0.25, -0.2) is 4.39 Å². The molecule has 162 valence electrons. The van der Waals surface area contributed by atoms with E-state index in [9.17, 15) is 9.18 Å². The Morgan fingerprint density at radius 3 is 2.90 bits per heavy atom. The molecule has 1 N–H and O–H groups in total. The van der Waals surface area contributed by atoms with Crippen LogP contribution in [0, 0.1) is 12.7 Å². The second-order valence-corrected chi connectivity index (χ2v) is 8.63. The minimum Gasteiger partial charge on any atom is -0.361 e. The van der Waals surface area contributed by atoms with Crippen LogP contribution in [0.1, 0.15) is 47.7 Å². The first kappa shape index (κ1) is 20.0. The summed E-state index contributed by atoms with van der Waals surface area (Å²) in [6, 6.07) is 4.64. The topological polar surface area (TPSA) is 65.4 Å². The summed E-state index contributed by atoms with van der Waals surface area (Å²) >= 11 is 0. The Kier molecular flexibility index (Phi) is 5.36. The number of fused-ring (bicyclic) bond motifs is 2. The molecule has 7 heteroatoms. The molecule has 1 aromatic carbocycles. The molecule has 4 heterocycles. The number of nitrogens with zero attached hydrogens (tertiary/aromatic N) is 3. The van der Waals surface area contributed by atoms with Crippen LogP contribution in [0.3, 0.4) is 0 Å². The number of benzene rings is 1. The van der Waals surface area contributed by atoms with Gasteiger partial charge in [0.1, 0.15) is 5.82 Å². The molecule has 0 spiro atoms. The van der Waals surface area contributed by atoms with E-state index in [0.29, 0.717) is 18.0 Å². The van der Waals surface area contributed by atoms with Crippen molar-refractivity contribution in [2.24, 2.45) is 0 Å².